The van der Waals surface area contributed by atoms with Crippen LogP contribution in [-0.4, -0.2) is 30.2 Å². The molecule has 0 radical (unpaired) electrons. The van der Waals surface area contributed by atoms with Gasteiger partial charge in [0.15, 0.2) is 11.6 Å². The molecule has 0 unspecified atom stereocenters. The first-order chi connectivity index (χ1) is 13.5. The van der Waals surface area contributed by atoms with Gasteiger partial charge in [0, 0.05) is 0 Å². The van der Waals surface area contributed by atoms with Gasteiger partial charge in [0.25, 0.3) is 0 Å². The molecule has 0 aliphatic rings. The van der Waals surface area contributed by atoms with Crippen LogP contribution in [-0.2, 0) is 4.74 Å². The number of nitrogens with one attached hydrogen (secondary N) is 2. The standard InChI is InChI=1S/C20H21N5O3/c1-12-8-9-16(27-2)15(10-12)25-19-17(21)18(22-11-23-19)24-14-7-5-4-6-13(14)20(26)28-3/h4-11H,21H2,1-3H3,(H2,22,23,24,25). The zero-order valence-corrected chi connectivity index (χ0v) is 15.8. The molecule has 0 saturated carbocycles. The van der Waals surface area contributed by atoms with E-state index in [2.05, 4.69) is 20.6 Å². The minimum absolute atomic E-state index is 0.297. The molecular weight excluding hydrogens is 358 g/mol. The molecule has 0 spiro atoms. The molecular formula is C20H21N5O3. The second-order valence-electron chi connectivity index (χ2n) is 5.98. The predicted molar refractivity (Wildman–Crippen MR) is 109 cm³/mol. The van der Waals surface area contributed by atoms with Crippen LogP contribution in [0.5, 0.6) is 5.75 Å². The van der Waals surface area contributed by atoms with E-state index in [4.69, 9.17) is 15.2 Å². The highest BCUT2D eigenvalue weighted by Crippen LogP contribution is 2.33. The van der Waals surface area contributed by atoms with E-state index in [0.717, 1.165) is 11.3 Å². The van der Waals surface area contributed by atoms with E-state index in [1.807, 2.05) is 25.1 Å². The number of nitrogens with zero attached hydrogens (tertiary/aromatic N) is 2. The Bertz CT molecular complexity index is 1010. The number of nitrogens with two attached hydrogens (primary N) is 1. The van der Waals surface area contributed by atoms with Crippen LogP contribution >= 0.6 is 0 Å². The van der Waals surface area contributed by atoms with Crippen molar-refractivity contribution in [2.24, 2.45) is 0 Å². The van der Waals surface area contributed by atoms with Crippen LogP contribution < -0.4 is 21.1 Å². The highest BCUT2D eigenvalue weighted by molar-refractivity contribution is 5.97. The number of aryl methyl sites for hydroxylation is 1. The van der Waals surface area contributed by atoms with E-state index >= 15 is 0 Å². The van der Waals surface area contributed by atoms with Gasteiger partial charge in [-0.1, -0.05) is 18.2 Å². The van der Waals surface area contributed by atoms with Gasteiger partial charge in [-0.2, -0.15) is 0 Å². The SMILES string of the molecule is COC(=O)c1ccccc1Nc1ncnc(Nc2cc(C)ccc2OC)c1N. The number of aromatic nitrogens is 2. The molecule has 3 aromatic rings. The number of ether oxygens (including phenoxy) is 2. The predicted octanol–water partition coefficient (Wildman–Crippen LogP) is 3.65. The van der Waals surface area contributed by atoms with E-state index in [9.17, 15) is 4.79 Å². The number of rotatable bonds is 6. The van der Waals surface area contributed by atoms with Gasteiger partial charge in [-0.15, -0.1) is 0 Å². The third-order valence-corrected chi connectivity index (χ3v) is 4.08. The molecule has 1 aromatic heterocycles. The van der Waals surface area contributed by atoms with E-state index < -0.39 is 5.97 Å². The Hall–Kier alpha value is -3.81. The Balaban J connectivity index is 1.93. The molecule has 0 saturated heterocycles. The molecule has 0 amide bonds. The largest absolute Gasteiger partial charge is 0.495 e. The number of carbonyl (C=O) groups excluding carboxylic acids is 1. The van der Waals surface area contributed by atoms with Crippen molar-refractivity contribution in [2.45, 2.75) is 6.92 Å². The lowest BCUT2D eigenvalue weighted by molar-refractivity contribution is 0.0602. The van der Waals surface area contributed by atoms with E-state index in [1.165, 1.54) is 13.4 Å². The zero-order valence-electron chi connectivity index (χ0n) is 15.8. The van der Waals surface area contributed by atoms with Crippen molar-refractivity contribution < 1.29 is 14.3 Å². The number of hydrogen-bond donors (Lipinski definition) is 3. The topological polar surface area (TPSA) is 111 Å². The quantitative estimate of drug-likeness (QED) is 0.557. The minimum Gasteiger partial charge on any atom is -0.495 e. The molecule has 4 N–H and O–H groups in total. The van der Waals surface area contributed by atoms with Gasteiger partial charge in [-0.05, 0) is 36.8 Å². The smallest absolute Gasteiger partial charge is 0.339 e. The van der Waals surface area contributed by atoms with Gasteiger partial charge in [-0.25, -0.2) is 14.8 Å². The third kappa shape index (κ3) is 3.96. The first-order valence-electron chi connectivity index (χ1n) is 8.50. The van der Waals surface area contributed by atoms with Gasteiger partial charge >= 0.3 is 5.97 Å². The van der Waals surface area contributed by atoms with Gasteiger partial charge in [0.05, 0.1) is 31.2 Å². The van der Waals surface area contributed by atoms with Crippen LogP contribution in [0.25, 0.3) is 0 Å². The van der Waals surface area contributed by atoms with Crippen molar-refractivity contribution in [1.29, 1.82) is 0 Å². The van der Waals surface area contributed by atoms with Crippen LogP contribution in [0.1, 0.15) is 15.9 Å². The number of methoxy groups -OCH3 is 2. The fourth-order valence-corrected chi connectivity index (χ4v) is 2.65. The fourth-order valence-electron chi connectivity index (χ4n) is 2.65. The monoisotopic (exact) mass is 379 g/mol. The van der Waals surface area contributed by atoms with Gasteiger partial charge in [0.2, 0.25) is 0 Å². The Morgan fingerprint density at radius 1 is 1.00 bits per heavy atom. The summed E-state index contributed by atoms with van der Waals surface area (Å²) in [5.74, 6) is 0.977. The van der Waals surface area contributed by atoms with Crippen molar-refractivity contribution in [1.82, 2.24) is 9.97 Å². The summed E-state index contributed by atoms with van der Waals surface area (Å²) >= 11 is 0. The highest BCUT2D eigenvalue weighted by Gasteiger charge is 2.15. The molecule has 0 aliphatic carbocycles. The summed E-state index contributed by atoms with van der Waals surface area (Å²) in [5.41, 5.74) is 9.24. The number of esters is 1. The minimum atomic E-state index is -0.460. The molecule has 0 bridgehead atoms. The Morgan fingerprint density at radius 3 is 2.36 bits per heavy atom. The van der Waals surface area contributed by atoms with E-state index in [0.29, 0.717) is 34.3 Å². The van der Waals surface area contributed by atoms with Crippen molar-refractivity contribution >= 4 is 34.7 Å². The summed E-state index contributed by atoms with van der Waals surface area (Å²) in [4.78, 5) is 20.4. The second-order valence-corrected chi connectivity index (χ2v) is 5.98. The normalized spacial score (nSPS) is 10.2. The van der Waals surface area contributed by atoms with Gasteiger partial charge in [0.1, 0.15) is 17.8 Å². The average Bonchev–Trinajstić information content (AvgIpc) is 2.71. The molecule has 0 atom stereocenters. The first kappa shape index (κ1) is 19.0. The lowest BCUT2D eigenvalue weighted by atomic mass is 10.1. The number of nitrogen functional groups attached to an aromatic ring is 1. The Morgan fingerprint density at radius 2 is 1.68 bits per heavy atom. The summed E-state index contributed by atoms with van der Waals surface area (Å²) in [6.07, 6.45) is 1.38. The summed E-state index contributed by atoms with van der Waals surface area (Å²) < 4.78 is 10.2. The lowest BCUT2D eigenvalue weighted by Gasteiger charge is -2.15. The number of para-hydroxylation sites is 1. The van der Waals surface area contributed by atoms with Gasteiger partial charge < -0.3 is 25.8 Å². The molecule has 28 heavy (non-hydrogen) atoms. The third-order valence-electron chi connectivity index (χ3n) is 4.08. The average molecular weight is 379 g/mol. The van der Waals surface area contributed by atoms with E-state index in [1.54, 1.807) is 31.4 Å². The highest BCUT2D eigenvalue weighted by atomic mass is 16.5. The van der Waals surface area contributed by atoms with Crippen LogP contribution in [0.15, 0.2) is 48.8 Å². The van der Waals surface area contributed by atoms with Crippen molar-refractivity contribution in [3.05, 3.63) is 59.9 Å². The maximum Gasteiger partial charge on any atom is 0.339 e. The van der Waals surface area contributed by atoms with Crippen LogP contribution in [0, 0.1) is 6.92 Å². The van der Waals surface area contributed by atoms with Crippen molar-refractivity contribution in [2.75, 3.05) is 30.6 Å². The van der Waals surface area contributed by atoms with Crippen LogP contribution in [0.4, 0.5) is 28.7 Å². The molecule has 144 valence electrons. The molecule has 8 nitrogen and oxygen atoms in total. The first-order valence-corrected chi connectivity index (χ1v) is 8.50. The maximum atomic E-state index is 12.0. The fraction of sp³-hybridized carbons (Fsp3) is 0.150. The number of hydrogen-bond acceptors (Lipinski definition) is 8. The molecule has 0 fully saturated rings. The van der Waals surface area contributed by atoms with Crippen molar-refractivity contribution in [3.63, 3.8) is 0 Å². The van der Waals surface area contributed by atoms with Crippen molar-refractivity contribution in [3.8, 4) is 5.75 Å². The molecule has 1 heterocycles. The Kier molecular flexibility index (Phi) is 5.59. The number of anilines is 5. The summed E-state index contributed by atoms with van der Waals surface area (Å²) in [6.45, 7) is 1.98. The maximum absolute atomic E-state index is 12.0. The zero-order chi connectivity index (χ0) is 20.1. The number of carbonyl (C=O) groups is 1. The Labute approximate surface area is 162 Å². The van der Waals surface area contributed by atoms with Gasteiger partial charge in [-0.3, -0.25) is 0 Å². The van der Waals surface area contributed by atoms with Crippen LogP contribution in [0.2, 0.25) is 0 Å². The lowest BCUT2D eigenvalue weighted by Crippen LogP contribution is -2.09. The molecule has 0 aliphatic heterocycles. The molecule has 8 heteroatoms. The van der Waals surface area contributed by atoms with E-state index in [-0.39, 0.29) is 0 Å². The summed E-state index contributed by atoms with van der Waals surface area (Å²) in [6, 6.07) is 12.7. The second kappa shape index (κ2) is 8.26. The molecule has 2 aromatic carbocycles. The summed E-state index contributed by atoms with van der Waals surface area (Å²) in [7, 11) is 2.92. The molecule has 3 rings (SSSR count). The van der Waals surface area contributed by atoms with Crippen LogP contribution in [0.3, 0.4) is 0 Å². The summed E-state index contributed by atoms with van der Waals surface area (Å²) in [5, 5.41) is 6.25. The number of benzene rings is 2.